The molecule has 0 radical (unpaired) electrons. The topological polar surface area (TPSA) is 35.5 Å². The van der Waals surface area contributed by atoms with Gasteiger partial charge >= 0.3 is 5.97 Å². The van der Waals surface area contributed by atoms with Crippen LogP contribution in [0.15, 0.2) is 0 Å². The Morgan fingerprint density at radius 2 is 1.47 bits per heavy atom. The third kappa shape index (κ3) is 13.7. The molecule has 0 fully saturated rings. The Morgan fingerprint density at radius 3 is 2.00 bits per heavy atom. The highest BCUT2D eigenvalue weighted by atomic mass is 16.6. The quantitative estimate of drug-likeness (QED) is 0.366. The van der Waals surface area contributed by atoms with Gasteiger partial charge < -0.3 is 9.47 Å². The van der Waals surface area contributed by atoms with Crippen molar-refractivity contribution < 1.29 is 14.3 Å². The molecule has 0 aromatic heterocycles. The van der Waals surface area contributed by atoms with Crippen LogP contribution in [0, 0.1) is 0 Å². The third-order valence-electron chi connectivity index (χ3n) is 3.31. The Labute approximate surface area is 119 Å². The van der Waals surface area contributed by atoms with Crippen molar-refractivity contribution in [2.24, 2.45) is 0 Å². The molecule has 0 aromatic rings. The molecule has 114 valence electrons. The van der Waals surface area contributed by atoms with Crippen LogP contribution >= 0.6 is 0 Å². The van der Waals surface area contributed by atoms with Gasteiger partial charge in [-0.1, -0.05) is 58.3 Å². The maximum atomic E-state index is 11.2. The smallest absolute Gasteiger partial charge is 0.332 e. The van der Waals surface area contributed by atoms with Gasteiger partial charge in [-0.05, 0) is 19.8 Å². The Morgan fingerprint density at radius 1 is 0.947 bits per heavy atom. The molecule has 0 aliphatic heterocycles. The second-order valence-electron chi connectivity index (χ2n) is 5.35. The minimum Gasteiger partial charge on any atom is -0.461 e. The first-order valence-electron chi connectivity index (χ1n) is 7.89. The first-order chi connectivity index (χ1) is 9.20. The minimum atomic E-state index is -0.258. The van der Waals surface area contributed by atoms with Gasteiger partial charge in [0.1, 0.15) is 6.61 Å². The molecule has 1 atom stereocenters. The Balaban J connectivity index is 3.22. The van der Waals surface area contributed by atoms with E-state index in [-0.39, 0.29) is 18.7 Å². The lowest BCUT2D eigenvalue weighted by atomic mass is 10.1. The number of unbranched alkanes of at least 4 members (excludes halogenated alkanes) is 8. The molecule has 0 heterocycles. The van der Waals surface area contributed by atoms with Crippen LogP contribution in [0.3, 0.4) is 0 Å². The van der Waals surface area contributed by atoms with E-state index in [9.17, 15) is 4.79 Å². The van der Waals surface area contributed by atoms with Gasteiger partial charge in [-0.25, -0.2) is 4.79 Å². The van der Waals surface area contributed by atoms with Crippen molar-refractivity contribution >= 4 is 5.97 Å². The van der Waals surface area contributed by atoms with Crippen molar-refractivity contribution in [1.29, 1.82) is 0 Å². The normalized spacial score (nSPS) is 12.4. The van der Waals surface area contributed by atoms with E-state index in [1.807, 2.05) is 6.92 Å². The van der Waals surface area contributed by atoms with E-state index in [2.05, 4.69) is 6.92 Å². The Kier molecular flexibility index (Phi) is 13.4. The summed E-state index contributed by atoms with van der Waals surface area (Å²) in [6, 6.07) is 0. The van der Waals surface area contributed by atoms with Gasteiger partial charge in [0.15, 0.2) is 0 Å². The zero-order valence-electron chi connectivity index (χ0n) is 13.1. The zero-order chi connectivity index (χ0) is 14.3. The molecule has 0 bridgehead atoms. The molecular weight excluding hydrogens is 240 g/mol. The van der Waals surface area contributed by atoms with Gasteiger partial charge in [-0.3, -0.25) is 0 Å². The SMILES string of the molecule is CCCCCCCCCCCC(C)OC(=O)COC. The van der Waals surface area contributed by atoms with Crippen LogP contribution in [-0.2, 0) is 14.3 Å². The highest BCUT2D eigenvalue weighted by Crippen LogP contribution is 2.12. The number of ether oxygens (including phenoxy) is 2. The lowest BCUT2D eigenvalue weighted by Gasteiger charge is -2.12. The summed E-state index contributed by atoms with van der Waals surface area (Å²) in [7, 11) is 1.51. The summed E-state index contributed by atoms with van der Waals surface area (Å²) in [4.78, 5) is 11.2. The molecule has 0 aromatic carbocycles. The molecule has 0 saturated carbocycles. The fraction of sp³-hybridized carbons (Fsp3) is 0.938. The highest BCUT2D eigenvalue weighted by molar-refractivity contribution is 5.70. The maximum Gasteiger partial charge on any atom is 0.332 e. The van der Waals surface area contributed by atoms with E-state index in [4.69, 9.17) is 9.47 Å². The van der Waals surface area contributed by atoms with E-state index < -0.39 is 0 Å². The van der Waals surface area contributed by atoms with E-state index in [1.54, 1.807) is 0 Å². The summed E-state index contributed by atoms with van der Waals surface area (Å²) < 4.78 is 9.93. The molecule has 19 heavy (non-hydrogen) atoms. The van der Waals surface area contributed by atoms with Crippen molar-refractivity contribution in [3.05, 3.63) is 0 Å². The zero-order valence-corrected chi connectivity index (χ0v) is 13.1. The minimum absolute atomic E-state index is 0.0206. The average Bonchev–Trinajstić information content (AvgIpc) is 2.37. The standard InChI is InChI=1S/C16H32O3/c1-4-5-6-7-8-9-10-11-12-13-15(2)19-16(17)14-18-3/h15H,4-14H2,1-3H3. The van der Waals surface area contributed by atoms with Crippen molar-refractivity contribution in [2.75, 3.05) is 13.7 Å². The van der Waals surface area contributed by atoms with Gasteiger partial charge in [0, 0.05) is 7.11 Å². The largest absolute Gasteiger partial charge is 0.461 e. The molecule has 3 heteroatoms. The highest BCUT2D eigenvalue weighted by Gasteiger charge is 2.08. The fourth-order valence-electron chi connectivity index (χ4n) is 2.18. The first kappa shape index (κ1) is 18.4. The molecule has 0 saturated heterocycles. The number of rotatable bonds is 13. The third-order valence-corrected chi connectivity index (χ3v) is 3.31. The van der Waals surface area contributed by atoms with Gasteiger partial charge in [-0.15, -0.1) is 0 Å². The molecule has 0 spiro atoms. The van der Waals surface area contributed by atoms with E-state index in [0.717, 1.165) is 12.8 Å². The van der Waals surface area contributed by atoms with Gasteiger partial charge in [0.25, 0.3) is 0 Å². The lowest BCUT2D eigenvalue weighted by Crippen LogP contribution is -2.18. The number of carbonyl (C=O) groups excluding carboxylic acids is 1. The summed E-state index contributed by atoms with van der Waals surface area (Å²) in [5.74, 6) is -0.258. The second kappa shape index (κ2) is 13.9. The summed E-state index contributed by atoms with van der Waals surface area (Å²) in [5, 5.41) is 0. The molecule has 0 rings (SSSR count). The molecule has 0 N–H and O–H groups in total. The molecule has 0 aliphatic carbocycles. The van der Waals surface area contributed by atoms with E-state index in [1.165, 1.54) is 58.5 Å². The summed E-state index contributed by atoms with van der Waals surface area (Å²) in [6.07, 6.45) is 12.9. The second-order valence-corrected chi connectivity index (χ2v) is 5.35. The van der Waals surface area contributed by atoms with Gasteiger partial charge in [0.05, 0.1) is 6.10 Å². The Hall–Kier alpha value is -0.570. The van der Waals surface area contributed by atoms with E-state index in [0.29, 0.717) is 0 Å². The van der Waals surface area contributed by atoms with Crippen LogP contribution in [0.25, 0.3) is 0 Å². The van der Waals surface area contributed by atoms with Crippen molar-refractivity contribution in [3.8, 4) is 0 Å². The monoisotopic (exact) mass is 272 g/mol. The number of hydrogen-bond acceptors (Lipinski definition) is 3. The number of hydrogen-bond donors (Lipinski definition) is 0. The van der Waals surface area contributed by atoms with Crippen molar-refractivity contribution in [3.63, 3.8) is 0 Å². The van der Waals surface area contributed by atoms with Crippen molar-refractivity contribution in [1.82, 2.24) is 0 Å². The van der Waals surface area contributed by atoms with E-state index >= 15 is 0 Å². The van der Waals surface area contributed by atoms with Gasteiger partial charge in [0.2, 0.25) is 0 Å². The Bertz CT molecular complexity index is 204. The fourth-order valence-corrected chi connectivity index (χ4v) is 2.18. The summed E-state index contributed by atoms with van der Waals surface area (Å²) in [6.45, 7) is 4.26. The number of carbonyl (C=O) groups is 1. The molecule has 3 nitrogen and oxygen atoms in total. The van der Waals surface area contributed by atoms with Crippen molar-refractivity contribution in [2.45, 2.75) is 84.2 Å². The molecule has 0 aliphatic rings. The predicted molar refractivity (Wildman–Crippen MR) is 79.3 cm³/mol. The van der Waals surface area contributed by atoms with Crippen LogP contribution in [0.5, 0.6) is 0 Å². The first-order valence-corrected chi connectivity index (χ1v) is 7.89. The molecule has 1 unspecified atom stereocenters. The summed E-state index contributed by atoms with van der Waals surface area (Å²) in [5.41, 5.74) is 0. The van der Waals surface area contributed by atoms with Crippen LogP contribution in [0.1, 0.15) is 78.1 Å². The number of esters is 1. The predicted octanol–water partition coefficient (Wildman–Crippen LogP) is 4.49. The molecular formula is C16H32O3. The molecule has 0 amide bonds. The van der Waals surface area contributed by atoms with Gasteiger partial charge in [-0.2, -0.15) is 0 Å². The van der Waals surface area contributed by atoms with Crippen LogP contribution in [0.4, 0.5) is 0 Å². The number of methoxy groups -OCH3 is 1. The average molecular weight is 272 g/mol. The van der Waals surface area contributed by atoms with Crippen LogP contribution < -0.4 is 0 Å². The van der Waals surface area contributed by atoms with Crippen LogP contribution in [0.2, 0.25) is 0 Å². The summed E-state index contributed by atoms with van der Waals surface area (Å²) >= 11 is 0. The maximum absolute atomic E-state index is 11.2. The van der Waals surface area contributed by atoms with Crippen LogP contribution in [-0.4, -0.2) is 25.8 Å². The lowest BCUT2D eigenvalue weighted by molar-refractivity contribution is -0.152.